The smallest absolute Gasteiger partial charge is 0.252 e. The second-order valence-electron chi connectivity index (χ2n) is 3.81. The van der Waals surface area contributed by atoms with Crippen molar-refractivity contribution in [2.24, 2.45) is 5.73 Å². The van der Waals surface area contributed by atoms with Gasteiger partial charge in [0.05, 0.1) is 12.2 Å². The van der Waals surface area contributed by atoms with E-state index in [0.717, 1.165) is 18.2 Å². The molecular weight excluding hydrogens is 282 g/mol. The second kappa shape index (κ2) is 8.12. The minimum absolute atomic E-state index is 0.445. The average Bonchev–Trinajstić information content (AvgIpc) is 2.34. The van der Waals surface area contributed by atoms with Crippen LogP contribution in [0.5, 0.6) is 5.75 Å². The summed E-state index contributed by atoms with van der Waals surface area (Å²) in [5, 5.41) is 1.05. The van der Waals surface area contributed by atoms with Crippen molar-refractivity contribution in [3.05, 3.63) is 29.8 Å². The zero-order valence-corrected chi connectivity index (χ0v) is 11.4. The zero-order chi connectivity index (χ0) is 12.5. The van der Waals surface area contributed by atoms with E-state index >= 15 is 0 Å². The van der Waals surface area contributed by atoms with Crippen molar-refractivity contribution in [3.63, 3.8) is 0 Å². The number of rotatable bonds is 8. The maximum Gasteiger partial charge on any atom is 0.252 e. The van der Waals surface area contributed by atoms with Crippen molar-refractivity contribution in [1.29, 1.82) is 0 Å². The molecule has 0 aliphatic rings. The van der Waals surface area contributed by atoms with Gasteiger partial charge in [-0.3, -0.25) is 4.79 Å². The summed E-state index contributed by atoms with van der Waals surface area (Å²) in [6.45, 7) is 0.632. The first kappa shape index (κ1) is 14.0. The molecule has 0 aliphatic carbocycles. The van der Waals surface area contributed by atoms with E-state index in [9.17, 15) is 4.79 Å². The number of benzene rings is 1. The summed E-state index contributed by atoms with van der Waals surface area (Å²) in [5.41, 5.74) is 5.71. The number of para-hydroxylation sites is 1. The Morgan fingerprint density at radius 3 is 2.59 bits per heavy atom. The lowest BCUT2D eigenvalue weighted by Crippen LogP contribution is -2.13. The van der Waals surface area contributed by atoms with Gasteiger partial charge in [-0.05, 0) is 25.0 Å². The molecule has 0 heterocycles. The molecule has 0 aliphatic heterocycles. The van der Waals surface area contributed by atoms with Crippen LogP contribution in [0.3, 0.4) is 0 Å². The molecule has 1 rings (SSSR count). The molecule has 0 fully saturated rings. The Balaban J connectivity index is 2.34. The average molecular weight is 300 g/mol. The molecule has 0 bridgehead atoms. The quantitative estimate of drug-likeness (QED) is 0.592. The Bertz CT molecular complexity index is 355. The van der Waals surface area contributed by atoms with Crippen LogP contribution in [0.25, 0.3) is 0 Å². The van der Waals surface area contributed by atoms with Crippen molar-refractivity contribution in [3.8, 4) is 5.75 Å². The summed E-state index contributed by atoms with van der Waals surface area (Å²) < 4.78 is 5.57. The third kappa shape index (κ3) is 5.22. The molecule has 3 nitrogen and oxygen atoms in total. The predicted octanol–water partition coefficient (Wildman–Crippen LogP) is 3.12. The fourth-order valence-electron chi connectivity index (χ4n) is 1.53. The Kier molecular flexibility index (Phi) is 6.70. The fourth-order valence-corrected chi connectivity index (χ4v) is 1.92. The maximum absolute atomic E-state index is 11.1. The van der Waals surface area contributed by atoms with Crippen LogP contribution in [-0.2, 0) is 0 Å². The summed E-state index contributed by atoms with van der Waals surface area (Å²) in [7, 11) is 0. The number of carbonyl (C=O) groups excluding carboxylic acids is 1. The summed E-state index contributed by atoms with van der Waals surface area (Å²) in [4.78, 5) is 11.1. The number of carbonyl (C=O) groups is 1. The van der Waals surface area contributed by atoms with Gasteiger partial charge in [0.25, 0.3) is 5.91 Å². The van der Waals surface area contributed by atoms with E-state index in [1.165, 1.54) is 12.8 Å². The first-order valence-corrected chi connectivity index (χ1v) is 6.95. The summed E-state index contributed by atoms with van der Waals surface area (Å²) in [5.74, 6) is 0.139. The number of nitrogens with two attached hydrogens (primary N) is 1. The van der Waals surface area contributed by atoms with Gasteiger partial charge in [0.15, 0.2) is 0 Å². The van der Waals surface area contributed by atoms with E-state index in [1.54, 1.807) is 18.2 Å². The normalized spacial score (nSPS) is 10.2. The van der Waals surface area contributed by atoms with Gasteiger partial charge in [0, 0.05) is 5.33 Å². The Morgan fingerprint density at radius 2 is 1.88 bits per heavy atom. The number of hydrogen-bond donors (Lipinski definition) is 1. The first-order valence-electron chi connectivity index (χ1n) is 5.83. The molecule has 94 valence electrons. The standard InChI is InChI=1S/C13H18BrNO2/c14-9-5-1-2-6-10-17-12-8-4-3-7-11(12)13(15)16/h3-4,7-8H,1-2,5-6,9-10H2,(H2,15,16). The van der Waals surface area contributed by atoms with Crippen LogP contribution in [0.1, 0.15) is 36.0 Å². The van der Waals surface area contributed by atoms with Crippen molar-refractivity contribution in [2.45, 2.75) is 25.7 Å². The van der Waals surface area contributed by atoms with E-state index in [0.29, 0.717) is 17.9 Å². The molecule has 4 heteroatoms. The van der Waals surface area contributed by atoms with Crippen LogP contribution >= 0.6 is 15.9 Å². The molecular formula is C13H18BrNO2. The molecule has 0 aromatic heterocycles. The Hall–Kier alpha value is -1.03. The molecule has 0 atom stereocenters. The summed E-state index contributed by atoms with van der Waals surface area (Å²) in [6.07, 6.45) is 4.54. The molecule has 1 amide bonds. The van der Waals surface area contributed by atoms with Gasteiger partial charge in [-0.15, -0.1) is 0 Å². The highest BCUT2D eigenvalue weighted by atomic mass is 79.9. The third-order valence-electron chi connectivity index (χ3n) is 2.44. The molecule has 1 aromatic carbocycles. The van der Waals surface area contributed by atoms with Crippen LogP contribution < -0.4 is 10.5 Å². The van der Waals surface area contributed by atoms with Gasteiger partial charge in [0.2, 0.25) is 0 Å². The van der Waals surface area contributed by atoms with Crippen LogP contribution in [0, 0.1) is 0 Å². The van der Waals surface area contributed by atoms with Crippen LogP contribution in [0.15, 0.2) is 24.3 Å². The monoisotopic (exact) mass is 299 g/mol. The number of unbranched alkanes of at least 4 members (excludes halogenated alkanes) is 3. The minimum Gasteiger partial charge on any atom is -0.493 e. The lowest BCUT2D eigenvalue weighted by Gasteiger charge is -2.08. The zero-order valence-electron chi connectivity index (χ0n) is 9.82. The molecule has 0 spiro atoms. The Labute approximate surface area is 110 Å². The van der Waals surface area contributed by atoms with Gasteiger partial charge < -0.3 is 10.5 Å². The van der Waals surface area contributed by atoms with Gasteiger partial charge >= 0.3 is 0 Å². The number of primary amides is 1. The highest BCUT2D eigenvalue weighted by Gasteiger charge is 2.07. The molecule has 17 heavy (non-hydrogen) atoms. The van der Waals surface area contributed by atoms with Gasteiger partial charge in [-0.1, -0.05) is 40.9 Å². The first-order chi connectivity index (χ1) is 8.25. The highest BCUT2D eigenvalue weighted by molar-refractivity contribution is 9.09. The Morgan fingerprint density at radius 1 is 1.18 bits per heavy atom. The lowest BCUT2D eigenvalue weighted by atomic mass is 10.2. The summed E-state index contributed by atoms with van der Waals surface area (Å²) >= 11 is 3.40. The van der Waals surface area contributed by atoms with E-state index in [1.807, 2.05) is 6.07 Å². The SMILES string of the molecule is NC(=O)c1ccccc1OCCCCCCBr. The predicted molar refractivity (Wildman–Crippen MR) is 72.7 cm³/mol. The topological polar surface area (TPSA) is 52.3 Å². The van der Waals surface area contributed by atoms with Crippen LogP contribution in [0.4, 0.5) is 0 Å². The van der Waals surface area contributed by atoms with E-state index in [2.05, 4.69) is 15.9 Å². The minimum atomic E-state index is -0.445. The molecule has 0 unspecified atom stereocenters. The van der Waals surface area contributed by atoms with Crippen molar-refractivity contribution >= 4 is 21.8 Å². The molecule has 0 saturated heterocycles. The van der Waals surface area contributed by atoms with Crippen molar-refractivity contribution in [2.75, 3.05) is 11.9 Å². The number of ether oxygens (including phenoxy) is 1. The molecule has 1 aromatic rings. The van der Waals surface area contributed by atoms with Crippen LogP contribution in [-0.4, -0.2) is 17.8 Å². The van der Waals surface area contributed by atoms with Crippen molar-refractivity contribution in [1.82, 2.24) is 0 Å². The van der Waals surface area contributed by atoms with Gasteiger partial charge in [0.1, 0.15) is 5.75 Å². The molecule has 0 saturated carbocycles. The van der Waals surface area contributed by atoms with Gasteiger partial charge in [-0.2, -0.15) is 0 Å². The third-order valence-corrected chi connectivity index (χ3v) is 3.00. The van der Waals surface area contributed by atoms with Gasteiger partial charge in [-0.25, -0.2) is 0 Å². The van der Waals surface area contributed by atoms with E-state index in [-0.39, 0.29) is 0 Å². The lowest BCUT2D eigenvalue weighted by molar-refractivity contribution is 0.0996. The van der Waals surface area contributed by atoms with Crippen LogP contribution in [0.2, 0.25) is 0 Å². The maximum atomic E-state index is 11.1. The van der Waals surface area contributed by atoms with Crippen molar-refractivity contribution < 1.29 is 9.53 Å². The number of hydrogen-bond acceptors (Lipinski definition) is 2. The largest absolute Gasteiger partial charge is 0.493 e. The fraction of sp³-hybridized carbons (Fsp3) is 0.462. The van der Waals surface area contributed by atoms with E-state index < -0.39 is 5.91 Å². The number of amides is 1. The summed E-state index contributed by atoms with van der Waals surface area (Å²) in [6, 6.07) is 7.08. The number of alkyl halides is 1. The highest BCUT2D eigenvalue weighted by Crippen LogP contribution is 2.17. The molecule has 0 radical (unpaired) electrons. The van der Waals surface area contributed by atoms with E-state index in [4.69, 9.17) is 10.5 Å². The number of halogens is 1. The molecule has 2 N–H and O–H groups in total. The second-order valence-corrected chi connectivity index (χ2v) is 4.61.